The van der Waals surface area contributed by atoms with Gasteiger partial charge in [-0.25, -0.2) is 28.3 Å². The Morgan fingerprint density at radius 2 is 1.32 bits per heavy atom. The number of aromatic nitrogens is 2. The fourth-order valence-electron chi connectivity index (χ4n) is 7.71. The Balaban J connectivity index is 0.000000202. The minimum Gasteiger partial charge on any atom is -0.466 e. The number of halogens is 4. The molecule has 8 rings (SSSR count). The first-order chi connectivity index (χ1) is 31.6. The minimum absolute atomic E-state index is 0.0739. The van der Waals surface area contributed by atoms with Gasteiger partial charge in [0.25, 0.3) is 0 Å². The van der Waals surface area contributed by atoms with Crippen LogP contribution in [0.2, 0.25) is 35.7 Å². The summed E-state index contributed by atoms with van der Waals surface area (Å²) in [5.74, 6) is -2.50. The molecule has 0 aliphatic carbocycles. The predicted molar refractivity (Wildman–Crippen MR) is 250 cm³/mol. The molecule has 4 atom stereocenters. The molecule has 348 valence electrons. The molecule has 4 aliphatic heterocycles. The fraction of sp³-hybridized carbons (Fsp3) is 0.364. The molecule has 3 N–H and O–H groups in total. The lowest BCUT2D eigenvalue weighted by Gasteiger charge is -2.30. The number of rotatable bonds is 13. The van der Waals surface area contributed by atoms with Crippen LogP contribution in [0.1, 0.15) is 46.1 Å². The number of carbonyl (C=O) groups excluding carboxylic acids is 4. The predicted octanol–water partition coefficient (Wildman–Crippen LogP) is 7.20. The van der Waals surface area contributed by atoms with Crippen LogP contribution >= 0.6 is 45.9 Å². The highest BCUT2D eigenvalue weighted by Gasteiger charge is 2.42. The largest absolute Gasteiger partial charge is 0.466 e. The van der Waals surface area contributed by atoms with Crippen molar-refractivity contribution >= 4 is 89.4 Å². The first-order valence-electron chi connectivity index (χ1n) is 20.7. The van der Waals surface area contributed by atoms with Crippen LogP contribution in [0.25, 0.3) is 0 Å². The standard InChI is InChI=1S/C25H30ClFN4O4SSi.C19H16ClFN4O3S/c1-34-25(33)19-21(15-12-18(32)31(13-15)14-35-9-11-37(2,3)4)29-23(24-28-8-10-36-24)30-22(19)16-6-5-7-17(27)20(16)26;1-28-19(27)13-15(9-7-12(26)23-8-9)24-17(18-22-5-6-29-18)25-16(13)10-3-2-4-11(21)14(10)20/h5-8,10,15,22H,9,11-14H2,1-4H3,(H,29,30);2-6,9,16H,7-8H2,1H3,(H,23,26)(H,24,25). The number of thiazole rings is 2. The fourth-order valence-corrected chi connectivity index (χ4v) is 10.1. The number of hydrogen-bond acceptors (Lipinski definition) is 15. The van der Waals surface area contributed by atoms with Gasteiger partial charge >= 0.3 is 11.9 Å². The Morgan fingerprint density at radius 1 is 0.803 bits per heavy atom. The maximum absolute atomic E-state index is 14.4. The van der Waals surface area contributed by atoms with Crippen molar-refractivity contribution < 1.29 is 42.2 Å². The summed E-state index contributed by atoms with van der Waals surface area (Å²) in [6.07, 6.45) is 3.66. The van der Waals surface area contributed by atoms with Crippen molar-refractivity contribution in [2.24, 2.45) is 21.8 Å². The normalized spacial score (nSPS) is 20.8. The molecule has 2 saturated heterocycles. The average molecular weight is 1000 g/mol. The Bertz CT molecular complexity index is 2630. The van der Waals surface area contributed by atoms with Gasteiger partial charge in [0.05, 0.1) is 35.4 Å². The number of benzene rings is 2. The van der Waals surface area contributed by atoms with Gasteiger partial charge in [0.15, 0.2) is 21.7 Å². The number of aliphatic imine (C=N–C) groups is 2. The third kappa shape index (κ3) is 10.9. The van der Waals surface area contributed by atoms with E-state index in [2.05, 4.69) is 50.6 Å². The maximum atomic E-state index is 14.4. The van der Waals surface area contributed by atoms with Crippen molar-refractivity contribution in [3.8, 4) is 0 Å². The highest BCUT2D eigenvalue weighted by atomic mass is 35.5. The summed E-state index contributed by atoms with van der Waals surface area (Å²) in [4.78, 5) is 70.2. The van der Waals surface area contributed by atoms with Crippen molar-refractivity contribution in [2.75, 3.05) is 40.6 Å². The third-order valence-electron chi connectivity index (χ3n) is 11.0. The average Bonchev–Trinajstić information content (AvgIpc) is 4.15. The number of amides is 2. The summed E-state index contributed by atoms with van der Waals surface area (Å²) < 4.78 is 44.5. The molecule has 15 nitrogen and oxygen atoms in total. The van der Waals surface area contributed by atoms with Crippen molar-refractivity contribution in [1.29, 1.82) is 0 Å². The van der Waals surface area contributed by atoms with E-state index in [-0.39, 0.29) is 64.4 Å². The maximum Gasteiger partial charge on any atom is 0.338 e. The highest BCUT2D eigenvalue weighted by Crippen LogP contribution is 2.42. The summed E-state index contributed by atoms with van der Waals surface area (Å²) in [5, 5.41) is 13.7. The second-order valence-corrected chi connectivity index (χ2v) is 24.8. The number of carbonyl (C=O) groups is 4. The van der Waals surface area contributed by atoms with E-state index in [1.54, 1.807) is 34.8 Å². The van der Waals surface area contributed by atoms with Crippen molar-refractivity contribution in [2.45, 2.75) is 50.6 Å². The summed E-state index contributed by atoms with van der Waals surface area (Å²) in [6.45, 7) is 8.30. The van der Waals surface area contributed by atoms with Gasteiger partial charge in [-0.05, 0) is 18.2 Å². The van der Waals surface area contributed by atoms with Gasteiger partial charge < -0.3 is 35.1 Å². The molecule has 0 saturated carbocycles. The van der Waals surface area contributed by atoms with E-state index in [0.717, 1.165) is 6.04 Å². The van der Waals surface area contributed by atoms with E-state index in [1.165, 1.54) is 61.2 Å². The number of hydrogen-bond donors (Lipinski definition) is 3. The molecule has 0 radical (unpaired) electrons. The van der Waals surface area contributed by atoms with Crippen LogP contribution in [0.15, 0.2) is 92.1 Å². The molecule has 2 fully saturated rings. The number of nitrogens with zero attached hydrogens (tertiary/aromatic N) is 5. The van der Waals surface area contributed by atoms with Gasteiger partial charge in [-0.15, -0.1) is 22.7 Å². The second kappa shape index (κ2) is 21.1. The van der Waals surface area contributed by atoms with E-state index in [4.69, 9.17) is 42.4 Å². The molecular formula is C44H46Cl2F2N8O7S2Si. The zero-order valence-electron chi connectivity index (χ0n) is 36.5. The van der Waals surface area contributed by atoms with Crippen LogP contribution in [0, 0.1) is 23.5 Å². The van der Waals surface area contributed by atoms with Crippen molar-refractivity contribution in [1.82, 2.24) is 30.8 Å². The van der Waals surface area contributed by atoms with E-state index in [9.17, 15) is 28.0 Å². The van der Waals surface area contributed by atoms with Gasteiger partial charge in [-0.2, -0.15) is 0 Å². The van der Waals surface area contributed by atoms with Crippen LogP contribution < -0.4 is 16.0 Å². The molecule has 2 amide bonds. The van der Waals surface area contributed by atoms with Crippen molar-refractivity contribution in [3.63, 3.8) is 0 Å². The Kier molecular flexibility index (Phi) is 15.5. The summed E-state index contributed by atoms with van der Waals surface area (Å²) >= 11 is 15.3. The Hall–Kier alpha value is -5.38. The van der Waals surface area contributed by atoms with Gasteiger partial charge in [-0.1, -0.05) is 67.1 Å². The van der Waals surface area contributed by atoms with Gasteiger partial charge in [-0.3, -0.25) is 19.6 Å². The quantitative estimate of drug-likeness (QED) is 0.0699. The zero-order chi connectivity index (χ0) is 47.3. The van der Waals surface area contributed by atoms with Crippen LogP contribution in [-0.4, -0.2) is 99.0 Å². The molecule has 6 heterocycles. The number of esters is 2. The lowest BCUT2D eigenvalue weighted by atomic mass is 9.90. The Labute approximate surface area is 398 Å². The third-order valence-corrected chi connectivity index (χ3v) is 15.1. The van der Waals surface area contributed by atoms with Crippen molar-refractivity contribution in [3.05, 3.63) is 125 Å². The number of nitrogens with one attached hydrogen (secondary N) is 3. The van der Waals surface area contributed by atoms with Gasteiger partial charge in [0.1, 0.15) is 30.4 Å². The first kappa shape index (κ1) is 48.5. The van der Waals surface area contributed by atoms with E-state index >= 15 is 0 Å². The number of likely N-dealkylation sites (tertiary alicyclic amines) is 1. The SMILES string of the molecule is COC(=O)C1=C(C2CC(=O)N(COCC[Si](C)(C)C)C2)NC(c2nccs2)=NC1c1cccc(F)c1Cl.COC(=O)C1=C(C2CNC(=O)C2)NC(c2nccs2)=NC1c1cccc(F)c1Cl. The van der Waals surface area contributed by atoms with Crippen LogP contribution in [0.3, 0.4) is 0 Å². The van der Waals surface area contributed by atoms with Crippen LogP contribution in [0.4, 0.5) is 8.78 Å². The topological polar surface area (TPSA) is 186 Å². The Morgan fingerprint density at radius 3 is 1.76 bits per heavy atom. The van der Waals surface area contributed by atoms with Gasteiger partial charge in [0.2, 0.25) is 11.8 Å². The zero-order valence-corrected chi connectivity index (χ0v) is 40.6. The molecule has 4 unspecified atom stereocenters. The molecule has 2 aromatic carbocycles. The molecule has 0 bridgehead atoms. The molecule has 4 aromatic rings. The lowest BCUT2D eigenvalue weighted by molar-refractivity contribution is -0.137. The highest BCUT2D eigenvalue weighted by molar-refractivity contribution is 7.12. The molecule has 0 spiro atoms. The van der Waals surface area contributed by atoms with E-state index in [0.29, 0.717) is 63.9 Å². The van der Waals surface area contributed by atoms with Gasteiger partial charge in [0, 0.05) is 98.1 Å². The molecule has 4 aliphatic rings. The molecule has 22 heteroatoms. The number of ether oxygens (including phenoxy) is 3. The molecule has 66 heavy (non-hydrogen) atoms. The smallest absolute Gasteiger partial charge is 0.338 e. The van der Waals surface area contributed by atoms with E-state index < -0.39 is 43.7 Å². The monoisotopic (exact) mass is 998 g/mol. The second-order valence-electron chi connectivity index (χ2n) is 16.7. The van der Waals surface area contributed by atoms with E-state index in [1.807, 2.05) is 5.38 Å². The summed E-state index contributed by atoms with van der Waals surface area (Å²) in [5.41, 5.74) is 2.04. The molecule has 2 aromatic heterocycles. The summed E-state index contributed by atoms with van der Waals surface area (Å²) in [7, 11) is 1.28. The molecular weight excluding hydrogens is 954 g/mol. The summed E-state index contributed by atoms with van der Waals surface area (Å²) in [6, 6.07) is 7.90. The first-order valence-corrected chi connectivity index (χ1v) is 26.9. The lowest BCUT2D eigenvalue weighted by Crippen LogP contribution is -2.38. The minimum atomic E-state index is -1.25. The number of methoxy groups -OCH3 is 2. The van der Waals surface area contributed by atoms with Crippen LogP contribution in [-0.2, 0) is 33.4 Å². The van der Waals surface area contributed by atoms with Crippen LogP contribution in [0.5, 0.6) is 0 Å². The number of amidine groups is 2.